The highest BCUT2D eigenvalue weighted by Gasteiger charge is 2.41. The molecule has 1 aliphatic rings. The van der Waals surface area contributed by atoms with Crippen molar-refractivity contribution in [3.05, 3.63) is 29.8 Å². The third-order valence-corrected chi connectivity index (χ3v) is 5.78. The molecule has 1 aromatic carbocycles. The van der Waals surface area contributed by atoms with Gasteiger partial charge in [-0.15, -0.1) is 11.8 Å². The zero-order valence-corrected chi connectivity index (χ0v) is 17.0. The number of rotatable bonds is 8. The molecule has 144 valence electrons. The molecule has 0 radical (unpaired) electrons. The van der Waals surface area contributed by atoms with Crippen molar-refractivity contribution in [1.29, 1.82) is 0 Å². The molecule has 1 aromatic rings. The van der Waals surface area contributed by atoms with Crippen LogP contribution in [0.5, 0.6) is 5.75 Å². The Morgan fingerprint density at radius 3 is 2.58 bits per heavy atom. The van der Waals surface area contributed by atoms with Crippen molar-refractivity contribution in [2.45, 2.75) is 51.4 Å². The number of carbonyl (C=O) groups excluding carboxylic acids is 2. The Balaban J connectivity index is 2.19. The quantitative estimate of drug-likeness (QED) is 0.703. The van der Waals surface area contributed by atoms with Crippen molar-refractivity contribution >= 4 is 23.6 Å². The maximum absolute atomic E-state index is 13.2. The third-order valence-electron chi connectivity index (χ3n) is 4.47. The highest BCUT2D eigenvalue weighted by Crippen LogP contribution is 2.34. The first-order chi connectivity index (χ1) is 12.5. The molecule has 0 bridgehead atoms. The van der Waals surface area contributed by atoms with Crippen molar-refractivity contribution in [1.82, 2.24) is 10.2 Å². The normalized spacial score (nSPS) is 19.7. The van der Waals surface area contributed by atoms with Gasteiger partial charge in [0.25, 0.3) is 5.91 Å². The Morgan fingerprint density at radius 1 is 1.31 bits per heavy atom. The SMILES string of the molecule is CCCCNC(=O)C1CSC(CC(C)C)N1C(=O)c1ccc(OC)cc1. The predicted molar refractivity (Wildman–Crippen MR) is 107 cm³/mol. The van der Waals surface area contributed by atoms with Gasteiger partial charge in [0.1, 0.15) is 11.8 Å². The fraction of sp³-hybridized carbons (Fsp3) is 0.600. The lowest BCUT2D eigenvalue weighted by atomic mass is 10.1. The smallest absolute Gasteiger partial charge is 0.255 e. The minimum atomic E-state index is -0.407. The molecule has 1 fully saturated rings. The molecule has 2 unspecified atom stereocenters. The number of unbranched alkanes of at least 4 members (excludes halogenated alkanes) is 1. The van der Waals surface area contributed by atoms with Crippen molar-refractivity contribution < 1.29 is 14.3 Å². The lowest BCUT2D eigenvalue weighted by Gasteiger charge is -2.30. The average Bonchev–Trinajstić information content (AvgIpc) is 3.04. The molecule has 0 saturated carbocycles. The third kappa shape index (κ3) is 5.16. The Hall–Kier alpha value is -1.69. The summed E-state index contributed by atoms with van der Waals surface area (Å²) in [7, 11) is 1.60. The molecule has 0 spiro atoms. The Labute approximate surface area is 160 Å². The average molecular weight is 379 g/mol. The number of carbonyl (C=O) groups is 2. The van der Waals surface area contributed by atoms with E-state index in [1.807, 2.05) is 0 Å². The number of amides is 2. The van der Waals surface area contributed by atoms with Crippen LogP contribution in [-0.4, -0.2) is 47.5 Å². The summed E-state index contributed by atoms with van der Waals surface area (Å²) in [6.45, 7) is 7.04. The Kier molecular flexibility index (Phi) is 7.82. The van der Waals surface area contributed by atoms with Crippen LogP contribution in [-0.2, 0) is 4.79 Å². The van der Waals surface area contributed by atoms with Crippen LogP contribution in [0.15, 0.2) is 24.3 Å². The summed E-state index contributed by atoms with van der Waals surface area (Å²) in [5.41, 5.74) is 0.591. The monoisotopic (exact) mass is 378 g/mol. The van der Waals surface area contributed by atoms with E-state index in [0.717, 1.165) is 19.3 Å². The van der Waals surface area contributed by atoms with Crippen molar-refractivity contribution in [3.8, 4) is 5.75 Å². The molecule has 0 aliphatic carbocycles. The number of hydrogen-bond acceptors (Lipinski definition) is 4. The second-order valence-corrected chi connectivity index (χ2v) is 8.23. The van der Waals surface area contributed by atoms with Crippen LogP contribution in [0, 0.1) is 5.92 Å². The first-order valence-corrected chi connectivity index (χ1v) is 10.4. The summed E-state index contributed by atoms with van der Waals surface area (Å²) in [4.78, 5) is 27.6. The minimum absolute atomic E-state index is 0.0338. The van der Waals surface area contributed by atoms with E-state index in [-0.39, 0.29) is 17.2 Å². The number of ether oxygens (including phenoxy) is 1. The van der Waals surface area contributed by atoms with Gasteiger partial charge in [0.15, 0.2) is 0 Å². The van der Waals surface area contributed by atoms with Crippen LogP contribution in [0.4, 0.5) is 0 Å². The summed E-state index contributed by atoms with van der Waals surface area (Å²) in [5.74, 6) is 1.69. The molecule has 26 heavy (non-hydrogen) atoms. The van der Waals surface area contributed by atoms with Crippen molar-refractivity contribution in [2.75, 3.05) is 19.4 Å². The molecular weight excluding hydrogens is 348 g/mol. The van der Waals surface area contributed by atoms with E-state index in [2.05, 4.69) is 26.1 Å². The van der Waals surface area contributed by atoms with Gasteiger partial charge >= 0.3 is 0 Å². The highest BCUT2D eigenvalue weighted by atomic mass is 32.2. The van der Waals surface area contributed by atoms with E-state index >= 15 is 0 Å². The van der Waals surface area contributed by atoms with Gasteiger partial charge in [0.05, 0.1) is 12.5 Å². The lowest BCUT2D eigenvalue weighted by molar-refractivity contribution is -0.124. The predicted octanol–water partition coefficient (Wildman–Crippen LogP) is 3.54. The fourth-order valence-electron chi connectivity index (χ4n) is 3.01. The van der Waals surface area contributed by atoms with Crippen molar-refractivity contribution in [3.63, 3.8) is 0 Å². The number of nitrogens with one attached hydrogen (secondary N) is 1. The zero-order valence-electron chi connectivity index (χ0n) is 16.2. The Bertz CT molecular complexity index is 604. The van der Waals surface area contributed by atoms with Crippen LogP contribution < -0.4 is 10.1 Å². The van der Waals surface area contributed by atoms with E-state index in [0.29, 0.717) is 29.5 Å². The van der Waals surface area contributed by atoms with E-state index in [1.54, 1.807) is 48.0 Å². The van der Waals surface area contributed by atoms with Crippen LogP contribution in [0.3, 0.4) is 0 Å². The number of methoxy groups -OCH3 is 1. The number of benzene rings is 1. The maximum Gasteiger partial charge on any atom is 0.255 e. The number of hydrogen-bond donors (Lipinski definition) is 1. The molecule has 2 atom stereocenters. The second kappa shape index (κ2) is 9.86. The van der Waals surface area contributed by atoms with Gasteiger partial charge in [-0.1, -0.05) is 27.2 Å². The fourth-order valence-corrected chi connectivity index (χ4v) is 4.65. The second-order valence-electron chi connectivity index (χ2n) is 7.02. The molecule has 1 heterocycles. The molecule has 5 nitrogen and oxygen atoms in total. The van der Waals surface area contributed by atoms with Gasteiger partial charge in [-0.05, 0) is 43.0 Å². The maximum atomic E-state index is 13.2. The summed E-state index contributed by atoms with van der Waals surface area (Å²) >= 11 is 1.70. The van der Waals surface area contributed by atoms with E-state index < -0.39 is 6.04 Å². The Morgan fingerprint density at radius 2 is 2.00 bits per heavy atom. The van der Waals surface area contributed by atoms with Gasteiger partial charge in [0.2, 0.25) is 5.91 Å². The molecule has 1 N–H and O–H groups in total. The summed E-state index contributed by atoms with van der Waals surface area (Å²) in [6, 6.07) is 6.69. The van der Waals surface area contributed by atoms with Gasteiger partial charge in [-0.3, -0.25) is 9.59 Å². The molecule has 2 amide bonds. The van der Waals surface area contributed by atoms with E-state index in [1.165, 1.54) is 0 Å². The van der Waals surface area contributed by atoms with Crippen molar-refractivity contribution in [2.24, 2.45) is 5.92 Å². The minimum Gasteiger partial charge on any atom is -0.497 e. The van der Waals surface area contributed by atoms with Crippen LogP contribution in [0.25, 0.3) is 0 Å². The molecular formula is C20H30N2O3S. The van der Waals surface area contributed by atoms with Crippen LogP contribution in [0.1, 0.15) is 50.4 Å². The van der Waals surface area contributed by atoms with Gasteiger partial charge in [-0.25, -0.2) is 0 Å². The topological polar surface area (TPSA) is 58.6 Å². The molecule has 1 aliphatic heterocycles. The highest BCUT2D eigenvalue weighted by molar-refractivity contribution is 8.00. The van der Waals surface area contributed by atoms with E-state index in [9.17, 15) is 9.59 Å². The zero-order chi connectivity index (χ0) is 19.1. The summed E-state index contributed by atoms with van der Waals surface area (Å²) < 4.78 is 5.17. The summed E-state index contributed by atoms with van der Waals surface area (Å²) in [6.07, 6.45) is 2.86. The van der Waals surface area contributed by atoms with Crippen LogP contribution >= 0.6 is 11.8 Å². The van der Waals surface area contributed by atoms with Crippen LogP contribution in [0.2, 0.25) is 0 Å². The molecule has 2 rings (SSSR count). The molecule has 0 aromatic heterocycles. The first kappa shape index (κ1) is 20.6. The summed E-state index contributed by atoms with van der Waals surface area (Å²) in [5, 5.41) is 3.02. The standard InChI is InChI=1S/C20H30N2O3S/c1-5-6-11-21-19(23)17-13-26-18(12-14(2)3)22(17)20(24)15-7-9-16(25-4)10-8-15/h7-10,14,17-18H,5-6,11-13H2,1-4H3,(H,21,23). The number of nitrogens with zero attached hydrogens (tertiary/aromatic N) is 1. The molecule has 6 heteroatoms. The van der Waals surface area contributed by atoms with Gasteiger partial charge in [-0.2, -0.15) is 0 Å². The number of thioether (sulfide) groups is 1. The lowest BCUT2D eigenvalue weighted by Crippen LogP contribution is -2.50. The van der Waals surface area contributed by atoms with E-state index in [4.69, 9.17) is 4.74 Å². The van der Waals surface area contributed by atoms with Gasteiger partial charge < -0.3 is 15.0 Å². The van der Waals surface area contributed by atoms with Gasteiger partial charge in [0, 0.05) is 17.9 Å². The first-order valence-electron chi connectivity index (χ1n) is 9.34. The molecule has 1 saturated heterocycles. The largest absolute Gasteiger partial charge is 0.497 e.